The largest absolute Gasteiger partial charge is 0.416 e. The van der Waals surface area contributed by atoms with E-state index in [1.54, 1.807) is 17.9 Å². The smallest absolute Gasteiger partial charge is 0.322 e. The van der Waals surface area contributed by atoms with Gasteiger partial charge in [-0.3, -0.25) is 9.59 Å². The summed E-state index contributed by atoms with van der Waals surface area (Å²) < 4.78 is 78.2. The number of alkyl halides is 6. The van der Waals surface area contributed by atoms with Gasteiger partial charge in [-0.2, -0.15) is 26.3 Å². The number of carbonyl (C=O) groups excluding carboxylic acids is 2. The highest BCUT2D eigenvalue weighted by molar-refractivity contribution is 6.05. The SMILES string of the molecule is Cc1ccc(NC(=O)c2cc(C(F)(F)F)cc(C(F)(F)F)c2)cc1N1CCCCC1=O. The van der Waals surface area contributed by atoms with Gasteiger partial charge in [-0.05, 0) is 55.7 Å². The van der Waals surface area contributed by atoms with Crippen LogP contribution < -0.4 is 10.2 Å². The molecule has 0 aromatic heterocycles. The Bertz CT molecular complexity index is 982. The summed E-state index contributed by atoms with van der Waals surface area (Å²) in [6.07, 6.45) is -8.17. The van der Waals surface area contributed by atoms with Crippen LogP contribution in [0.1, 0.15) is 46.3 Å². The first-order valence-electron chi connectivity index (χ1n) is 9.38. The fraction of sp³-hybridized carbons (Fsp3) is 0.333. The lowest BCUT2D eigenvalue weighted by Crippen LogP contribution is -2.35. The summed E-state index contributed by atoms with van der Waals surface area (Å²) in [5.41, 5.74) is -2.51. The second-order valence-corrected chi connectivity index (χ2v) is 7.25. The van der Waals surface area contributed by atoms with Crippen molar-refractivity contribution in [3.05, 3.63) is 58.7 Å². The molecule has 3 rings (SSSR count). The Labute approximate surface area is 173 Å². The van der Waals surface area contributed by atoms with Crippen molar-refractivity contribution < 1.29 is 35.9 Å². The summed E-state index contributed by atoms with van der Waals surface area (Å²) in [6, 6.07) is 5.25. The van der Waals surface area contributed by atoms with Gasteiger partial charge in [-0.25, -0.2) is 0 Å². The fourth-order valence-electron chi connectivity index (χ4n) is 3.33. The third-order valence-corrected chi connectivity index (χ3v) is 4.93. The molecule has 1 aliphatic rings. The zero-order chi connectivity index (χ0) is 23.0. The summed E-state index contributed by atoms with van der Waals surface area (Å²) in [5.74, 6) is -1.22. The van der Waals surface area contributed by atoms with Gasteiger partial charge in [0, 0.05) is 29.9 Å². The van der Waals surface area contributed by atoms with Crippen LogP contribution in [0.2, 0.25) is 0 Å². The Balaban J connectivity index is 1.93. The van der Waals surface area contributed by atoms with Crippen molar-refractivity contribution in [2.45, 2.75) is 38.5 Å². The summed E-state index contributed by atoms with van der Waals surface area (Å²) in [7, 11) is 0. The maximum absolute atomic E-state index is 13.0. The highest BCUT2D eigenvalue weighted by Gasteiger charge is 2.37. The van der Waals surface area contributed by atoms with Crippen LogP contribution in [0, 0.1) is 6.92 Å². The Kier molecular flexibility index (Phi) is 6.02. The lowest BCUT2D eigenvalue weighted by molar-refractivity contribution is -0.143. The van der Waals surface area contributed by atoms with Gasteiger partial charge in [0.25, 0.3) is 5.91 Å². The molecular formula is C21H18F6N2O2. The highest BCUT2D eigenvalue weighted by Crippen LogP contribution is 2.36. The average molecular weight is 444 g/mol. The first-order chi connectivity index (χ1) is 14.4. The van der Waals surface area contributed by atoms with Crippen molar-refractivity contribution >= 4 is 23.2 Å². The summed E-state index contributed by atoms with van der Waals surface area (Å²) >= 11 is 0. The Morgan fingerprint density at radius 1 is 0.935 bits per heavy atom. The number of halogens is 6. The second kappa shape index (κ2) is 8.24. The molecule has 2 aromatic carbocycles. The molecule has 1 heterocycles. The molecule has 0 radical (unpaired) electrons. The fourth-order valence-corrected chi connectivity index (χ4v) is 3.33. The number of hydrogen-bond donors (Lipinski definition) is 1. The van der Waals surface area contributed by atoms with Gasteiger partial charge in [0.15, 0.2) is 0 Å². The molecule has 10 heteroatoms. The summed E-state index contributed by atoms with van der Waals surface area (Å²) in [6.45, 7) is 2.24. The van der Waals surface area contributed by atoms with Crippen LogP contribution >= 0.6 is 0 Å². The minimum absolute atomic E-state index is 0.0390. The average Bonchev–Trinajstić information content (AvgIpc) is 2.68. The van der Waals surface area contributed by atoms with Gasteiger partial charge in [0.2, 0.25) is 5.91 Å². The molecule has 0 bridgehead atoms. The van der Waals surface area contributed by atoms with Gasteiger partial charge < -0.3 is 10.2 Å². The third-order valence-electron chi connectivity index (χ3n) is 4.93. The van der Waals surface area contributed by atoms with Crippen molar-refractivity contribution in [1.29, 1.82) is 0 Å². The van der Waals surface area contributed by atoms with Crippen molar-refractivity contribution in [3.8, 4) is 0 Å². The van der Waals surface area contributed by atoms with E-state index < -0.39 is 35.0 Å². The quantitative estimate of drug-likeness (QED) is 0.609. The monoisotopic (exact) mass is 444 g/mol. The topological polar surface area (TPSA) is 49.4 Å². The van der Waals surface area contributed by atoms with Crippen LogP contribution in [0.5, 0.6) is 0 Å². The van der Waals surface area contributed by atoms with Crippen LogP contribution in [0.4, 0.5) is 37.7 Å². The van der Waals surface area contributed by atoms with E-state index in [2.05, 4.69) is 5.32 Å². The van der Waals surface area contributed by atoms with Crippen LogP contribution in [0.15, 0.2) is 36.4 Å². The Hall–Kier alpha value is -3.04. The molecule has 4 nitrogen and oxygen atoms in total. The molecule has 0 aliphatic carbocycles. The zero-order valence-corrected chi connectivity index (χ0v) is 16.3. The number of aryl methyl sites for hydroxylation is 1. The van der Waals surface area contributed by atoms with E-state index in [0.29, 0.717) is 30.8 Å². The lowest BCUT2D eigenvalue weighted by Gasteiger charge is -2.28. The predicted octanol–water partition coefficient (Wildman–Crippen LogP) is 5.80. The van der Waals surface area contributed by atoms with Crippen molar-refractivity contribution in [2.75, 3.05) is 16.8 Å². The number of nitrogens with zero attached hydrogens (tertiary/aromatic N) is 1. The number of hydrogen-bond acceptors (Lipinski definition) is 2. The van der Waals surface area contributed by atoms with Crippen molar-refractivity contribution in [3.63, 3.8) is 0 Å². The Morgan fingerprint density at radius 3 is 2.10 bits per heavy atom. The first kappa shape index (κ1) is 22.6. The molecule has 1 aliphatic heterocycles. The van der Waals surface area contributed by atoms with E-state index in [-0.39, 0.29) is 17.7 Å². The minimum Gasteiger partial charge on any atom is -0.322 e. The van der Waals surface area contributed by atoms with E-state index in [9.17, 15) is 35.9 Å². The minimum atomic E-state index is -5.05. The highest BCUT2D eigenvalue weighted by atomic mass is 19.4. The van der Waals surface area contributed by atoms with Gasteiger partial charge in [-0.1, -0.05) is 6.07 Å². The van der Waals surface area contributed by atoms with Crippen LogP contribution in [0.25, 0.3) is 0 Å². The van der Waals surface area contributed by atoms with Crippen LogP contribution in [0.3, 0.4) is 0 Å². The van der Waals surface area contributed by atoms with Crippen molar-refractivity contribution in [1.82, 2.24) is 0 Å². The summed E-state index contributed by atoms with van der Waals surface area (Å²) in [5, 5.41) is 2.33. The number of amides is 2. The second-order valence-electron chi connectivity index (χ2n) is 7.25. The van der Waals surface area contributed by atoms with E-state index in [1.165, 1.54) is 12.1 Å². The molecule has 1 saturated heterocycles. The molecule has 1 fully saturated rings. The standard InChI is InChI=1S/C21H18F6N2O2/c1-12-5-6-16(11-17(12)29-7-3-2-4-18(29)30)28-19(31)13-8-14(20(22,23)24)10-15(9-13)21(25,26)27/h5-6,8-11H,2-4,7H2,1H3,(H,28,31). The number of carbonyl (C=O) groups is 2. The molecule has 0 atom stereocenters. The lowest BCUT2D eigenvalue weighted by atomic mass is 10.0. The van der Waals surface area contributed by atoms with E-state index in [4.69, 9.17) is 0 Å². The van der Waals surface area contributed by atoms with Crippen molar-refractivity contribution in [2.24, 2.45) is 0 Å². The maximum atomic E-state index is 13.0. The number of anilines is 2. The van der Waals surface area contributed by atoms with Gasteiger partial charge in [0.05, 0.1) is 11.1 Å². The molecule has 2 amide bonds. The molecule has 2 aromatic rings. The predicted molar refractivity (Wildman–Crippen MR) is 102 cm³/mol. The number of rotatable bonds is 3. The normalized spacial score (nSPS) is 15.2. The molecule has 0 saturated carbocycles. The molecule has 0 spiro atoms. The van der Waals surface area contributed by atoms with Gasteiger partial charge in [0.1, 0.15) is 0 Å². The maximum Gasteiger partial charge on any atom is 0.416 e. The summed E-state index contributed by atoms with van der Waals surface area (Å²) in [4.78, 5) is 26.2. The third kappa shape index (κ3) is 5.18. The zero-order valence-electron chi connectivity index (χ0n) is 16.3. The van der Waals surface area contributed by atoms with E-state index in [0.717, 1.165) is 18.4 Å². The molecule has 0 unspecified atom stereocenters. The van der Waals surface area contributed by atoms with Gasteiger partial charge in [-0.15, -0.1) is 0 Å². The van der Waals surface area contributed by atoms with Crippen LogP contribution in [-0.4, -0.2) is 18.4 Å². The van der Waals surface area contributed by atoms with Gasteiger partial charge >= 0.3 is 12.4 Å². The number of benzene rings is 2. The molecular weight excluding hydrogens is 426 g/mol. The molecule has 166 valence electrons. The Morgan fingerprint density at radius 2 is 1.55 bits per heavy atom. The van der Waals surface area contributed by atoms with E-state index >= 15 is 0 Å². The number of piperidine rings is 1. The first-order valence-corrected chi connectivity index (χ1v) is 9.38. The molecule has 1 N–H and O–H groups in total. The van der Waals surface area contributed by atoms with E-state index in [1.807, 2.05) is 0 Å². The number of nitrogens with one attached hydrogen (secondary N) is 1. The molecule has 31 heavy (non-hydrogen) atoms. The van der Waals surface area contributed by atoms with Crippen LogP contribution in [-0.2, 0) is 17.1 Å².